The van der Waals surface area contributed by atoms with Crippen LogP contribution in [0, 0.1) is 0 Å². The van der Waals surface area contributed by atoms with Crippen LogP contribution >= 0.6 is 0 Å². The van der Waals surface area contributed by atoms with Crippen molar-refractivity contribution in [2.45, 2.75) is 38.4 Å². The Morgan fingerprint density at radius 2 is 2.07 bits per heavy atom. The molecule has 1 saturated heterocycles. The monoisotopic (exact) mass is 371 g/mol. The molecule has 3 rings (SSSR count). The topological polar surface area (TPSA) is 96.3 Å². The Hall–Kier alpha value is -2.74. The van der Waals surface area contributed by atoms with E-state index in [4.69, 9.17) is 0 Å². The zero-order valence-corrected chi connectivity index (χ0v) is 15.6. The number of benzene rings is 1. The van der Waals surface area contributed by atoms with E-state index in [1.807, 2.05) is 12.1 Å². The number of nitrogens with one attached hydrogen (secondary N) is 2. The molecule has 0 bridgehead atoms. The number of amides is 2. The van der Waals surface area contributed by atoms with E-state index in [1.54, 1.807) is 25.4 Å². The first kappa shape index (κ1) is 19.0. The van der Waals surface area contributed by atoms with E-state index in [2.05, 4.69) is 27.6 Å². The minimum absolute atomic E-state index is 0.0346. The molecule has 1 aliphatic rings. The number of carbonyl (C=O) groups is 2. The molecular weight excluding hydrogens is 346 g/mol. The summed E-state index contributed by atoms with van der Waals surface area (Å²) in [6, 6.07) is 6.80. The lowest BCUT2D eigenvalue weighted by molar-refractivity contribution is -0.125. The SMILES string of the molecule is CCCN1C[C@H](NC(=O)Cn2ncc3ccccc3c2=O)C[C@H]1C(=O)NC. The number of likely N-dealkylation sites (tertiary alicyclic amines) is 1. The molecule has 2 atom stereocenters. The zero-order chi connectivity index (χ0) is 19.4. The van der Waals surface area contributed by atoms with Crippen LogP contribution in [0.15, 0.2) is 35.3 Å². The normalized spacial score (nSPS) is 19.9. The Morgan fingerprint density at radius 3 is 2.81 bits per heavy atom. The molecule has 2 amide bonds. The van der Waals surface area contributed by atoms with Crippen LogP contribution in [-0.4, -0.2) is 58.7 Å². The molecule has 27 heavy (non-hydrogen) atoms. The largest absolute Gasteiger partial charge is 0.358 e. The molecular formula is C19H25N5O3. The second-order valence-corrected chi connectivity index (χ2v) is 6.82. The van der Waals surface area contributed by atoms with E-state index in [-0.39, 0.29) is 36.0 Å². The highest BCUT2D eigenvalue weighted by atomic mass is 16.2. The summed E-state index contributed by atoms with van der Waals surface area (Å²) >= 11 is 0. The molecule has 0 aliphatic carbocycles. The first-order valence-corrected chi connectivity index (χ1v) is 9.23. The summed E-state index contributed by atoms with van der Waals surface area (Å²) in [5, 5.41) is 11.0. The van der Waals surface area contributed by atoms with E-state index < -0.39 is 0 Å². The molecule has 0 radical (unpaired) electrons. The number of hydrogen-bond acceptors (Lipinski definition) is 5. The lowest BCUT2D eigenvalue weighted by Crippen LogP contribution is -2.42. The van der Waals surface area contributed by atoms with Gasteiger partial charge in [-0.3, -0.25) is 19.3 Å². The average molecular weight is 371 g/mol. The maximum absolute atomic E-state index is 12.5. The number of fused-ring (bicyclic) bond motifs is 1. The van der Waals surface area contributed by atoms with Gasteiger partial charge in [-0.05, 0) is 25.5 Å². The van der Waals surface area contributed by atoms with Gasteiger partial charge in [0.25, 0.3) is 5.56 Å². The Kier molecular flexibility index (Phi) is 5.85. The Bertz CT molecular complexity index is 894. The van der Waals surface area contributed by atoms with Crippen LogP contribution in [0.5, 0.6) is 0 Å². The number of rotatable bonds is 6. The van der Waals surface area contributed by atoms with Crippen molar-refractivity contribution in [3.63, 3.8) is 0 Å². The van der Waals surface area contributed by atoms with Gasteiger partial charge in [-0.1, -0.05) is 25.1 Å². The molecule has 1 aromatic carbocycles. The molecule has 8 heteroatoms. The van der Waals surface area contributed by atoms with Crippen molar-refractivity contribution in [1.82, 2.24) is 25.3 Å². The Morgan fingerprint density at radius 1 is 1.30 bits per heavy atom. The predicted molar refractivity (Wildman–Crippen MR) is 102 cm³/mol. The summed E-state index contributed by atoms with van der Waals surface area (Å²) in [6.07, 6.45) is 3.08. The van der Waals surface area contributed by atoms with Crippen LogP contribution in [0.3, 0.4) is 0 Å². The van der Waals surface area contributed by atoms with Gasteiger partial charge in [0.1, 0.15) is 6.54 Å². The molecule has 8 nitrogen and oxygen atoms in total. The number of hydrogen-bond donors (Lipinski definition) is 2. The summed E-state index contributed by atoms with van der Waals surface area (Å²) in [4.78, 5) is 39.1. The third-order valence-electron chi connectivity index (χ3n) is 4.88. The molecule has 2 heterocycles. The molecule has 0 saturated carbocycles. The van der Waals surface area contributed by atoms with Gasteiger partial charge < -0.3 is 10.6 Å². The fourth-order valence-corrected chi connectivity index (χ4v) is 3.63. The molecule has 1 aliphatic heterocycles. The highest BCUT2D eigenvalue weighted by Gasteiger charge is 2.36. The van der Waals surface area contributed by atoms with Crippen LogP contribution in [0.25, 0.3) is 10.8 Å². The summed E-state index contributed by atoms with van der Waals surface area (Å²) in [5.41, 5.74) is -0.287. The van der Waals surface area contributed by atoms with Crippen LogP contribution in [-0.2, 0) is 16.1 Å². The van der Waals surface area contributed by atoms with Crippen molar-refractivity contribution >= 4 is 22.6 Å². The van der Waals surface area contributed by atoms with Gasteiger partial charge in [-0.2, -0.15) is 5.10 Å². The second kappa shape index (κ2) is 8.30. The van der Waals surface area contributed by atoms with Crippen molar-refractivity contribution in [1.29, 1.82) is 0 Å². The first-order chi connectivity index (χ1) is 13.0. The minimum Gasteiger partial charge on any atom is -0.358 e. The maximum Gasteiger partial charge on any atom is 0.275 e. The summed E-state index contributed by atoms with van der Waals surface area (Å²) < 4.78 is 1.17. The van der Waals surface area contributed by atoms with Crippen molar-refractivity contribution in [3.05, 3.63) is 40.8 Å². The predicted octanol–water partition coefficient (Wildman–Crippen LogP) is 0.112. The molecule has 0 unspecified atom stereocenters. The Labute approximate surface area is 157 Å². The van der Waals surface area contributed by atoms with E-state index >= 15 is 0 Å². The van der Waals surface area contributed by atoms with Gasteiger partial charge in [0.15, 0.2) is 0 Å². The van der Waals surface area contributed by atoms with Gasteiger partial charge in [-0.15, -0.1) is 0 Å². The van der Waals surface area contributed by atoms with Crippen molar-refractivity contribution in [2.75, 3.05) is 20.1 Å². The summed E-state index contributed by atoms with van der Waals surface area (Å²) in [6.45, 7) is 3.34. The number of nitrogens with zero attached hydrogens (tertiary/aromatic N) is 3. The zero-order valence-electron chi connectivity index (χ0n) is 15.6. The lowest BCUT2D eigenvalue weighted by Gasteiger charge is -2.21. The summed E-state index contributed by atoms with van der Waals surface area (Å²) in [5.74, 6) is -0.313. The van der Waals surface area contributed by atoms with Crippen molar-refractivity contribution in [2.24, 2.45) is 0 Å². The van der Waals surface area contributed by atoms with E-state index in [9.17, 15) is 14.4 Å². The standard InChI is InChI=1S/C19H25N5O3/c1-3-8-23-11-14(9-16(23)18(26)20-2)22-17(25)12-24-19(27)15-7-5-4-6-13(15)10-21-24/h4-7,10,14,16H,3,8-9,11-12H2,1-2H3,(H,20,26)(H,22,25)/t14-,16+/m1/s1. The van der Waals surface area contributed by atoms with Crippen LogP contribution in [0.4, 0.5) is 0 Å². The molecule has 144 valence electrons. The number of carbonyl (C=O) groups excluding carboxylic acids is 2. The van der Waals surface area contributed by atoms with E-state index in [1.165, 1.54) is 4.68 Å². The van der Waals surface area contributed by atoms with Gasteiger partial charge >= 0.3 is 0 Å². The number of likely N-dealkylation sites (N-methyl/N-ethyl adjacent to an activating group) is 1. The third-order valence-corrected chi connectivity index (χ3v) is 4.88. The number of aromatic nitrogens is 2. The quantitative estimate of drug-likeness (QED) is 0.751. The molecule has 1 fully saturated rings. The van der Waals surface area contributed by atoms with Gasteiger partial charge in [0.05, 0.1) is 17.6 Å². The summed E-state index contributed by atoms with van der Waals surface area (Å²) in [7, 11) is 1.62. The van der Waals surface area contributed by atoms with Gasteiger partial charge in [-0.25, -0.2) is 4.68 Å². The fraction of sp³-hybridized carbons (Fsp3) is 0.474. The second-order valence-electron chi connectivity index (χ2n) is 6.82. The highest BCUT2D eigenvalue weighted by Crippen LogP contribution is 2.18. The smallest absolute Gasteiger partial charge is 0.275 e. The van der Waals surface area contributed by atoms with E-state index in [0.717, 1.165) is 18.4 Å². The first-order valence-electron chi connectivity index (χ1n) is 9.23. The minimum atomic E-state index is -0.287. The van der Waals surface area contributed by atoms with Gasteiger partial charge in [0.2, 0.25) is 11.8 Å². The van der Waals surface area contributed by atoms with Crippen LogP contribution in [0.1, 0.15) is 19.8 Å². The van der Waals surface area contributed by atoms with Crippen molar-refractivity contribution in [3.8, 4) is 0 Å². The lowest BCUT2D eigenvalue weighted by atomic mass is 10.1. The highest BCUT2D eigenvalue weighted by molar-refractivity contribution is 5.83. The Balaban J connectivity index is 1.67. The average Bonchev–Trinajstić information content (AvgIpc) is 3.06. The molecule has 0 spiro atoms. The van der Waals surface area contributed by atoms with Crippen molar-refractivity contribution < 1.29 is 9.59 Å². The third kappa shape index (κ3) is 4.16. The maximum atomic E-state index is 12.5. The molecule has 2 aromatic rings. The molecule has 2 N–H and O–H groups in total. The van der Waals surface area contributed by atoms with Crippen LogP contribution < -0.4 is 16.2 Å². The van der Waals surface area contributed by atoms with E-state index in [0.29, 0.717) is 18.4 Å². The van der Waals surface area contributed by atoms with Crippen LogP contribution in [0.2, 0.25) is 0 Å². The fourth-order valence-electron chi connectivity index (χ4n) is 3.63. The van der Waals surface area contributed by atoms with Gasteiger partial charge in [0, 0.05) is 25.0 Å². The molecule has 1 aromatic heterocycles.